The fraction of sp³-hybridized carbons (Fsp3) is 0.473. The van der Waals surface area contributed by atoms with Crippen LogP contribution in [0.1, 0.15) is 113 Å². The molecule has 0 saturated carbocycles. The van der Waals surface area contributed by atoms with Crippen LogP contribution in [0, 0.1) is 28.1 Å². The lowest BCUT2D eigenvalue weighted by atomic mass is 9.80. The highest BCUT2D eigenvalue weighted by Gasteiger charge is 2.50. The molecule has 3 amide bonds. The van der Waals surface area contributed by atoms with Crippen molar-refractivity contribution in [1.82, 2.24) is 25.6 Å². The number of nitrogens with one attached hydrogen (secondary N) is 2. The van der Waals surface area contributed by atoms with E-state index in [0.717, 1.165) is 28.7 Å². The standard InChI is InChI=1S/C55H68N6O6/c1-11-40-42-23-22-39-29-44(42)45(49(40)43-20-14-13-19-41(43)36(6)66-10)30-54(7,8)33-67-52(64)46-21-16-25-61(58-46)35(5)47(28-37-17-15-18-38(39)27-37)57-51(63)50(34(3)4)59(9)53(65)55(31-56)24-26-60(32-55)48(62)12-2/h12-15,17-20,22-23,27,29,34,36,40,46-47,50,58H,2,5,11,16,21,24-26,28,30,32-33H2,1,3-4,6-10H3,(H,57,63)/t36-,40?,46-,47-,50-,55-/m0/s1. The van der Waals surface area contributed by atoms with Crippen molar-refractivity contribution in [3.05, 3.63) is 119 Å². The number of hydrogen-bond donors (Lipinski definition) is 2. The smallest absolute Gasteiger partial charge is 0.324 e. The molecule has 1 unspecified atom stereocenters. The van der Waals surface area contributed by atoms with E-state index < -0.39 is 40.8 Å². The summed E-state index contributed by atoms with van der Waals surface area (Å²) in [6.45, 7) is 21.4. The van der Waals surface area contributed by atoms with Crippen LogP contribution in [0.25, 0.3) is 22.3 Å². The second-order valence-electron chi connectivity index (χ2n) is 20.0. The number of nitriles is 1. The molecule has 0 aromatic heterocycles. The number of hydrazine groups is 1. The Bertz CT molecular complexity index is 2500. The van der Waals surface area contributed by atoms with Crippen molar-refractivity contribution in [3.8, 4) is 17.2 Å². The summed E-state index contributed by atoms with van der Waals surface area (Å²) in [6.07, 6.45) is 4.42. The molecule has 2 saturated heterocycles. The number of hydrogen-bond acceptors (Lipinski definition) is 9. The van der Waals surface area contributed by atoms with E-state index in [4.69, 9.17) is 9.47 Å². The number of ether oxygens (including phenoxy) is 2. The van der Waals surface area contributed by atoms with Crippen LogP contribution in [0.5, 0.6) is 0 Å². The number of carbonyl (C=O) groups excluding carboxylic acids is 4. The van der Waals surface area contributed by atoms with Gasteiger partial charge in [-0.1, -0.05) is 108 Å². The molecule has 4 aliphatic rings. The molecular formula is C55H68N6O6. The highest BCUT2D eigenvalue weighted by Crippen LogP contribution is 2.54. The van der Waals surface area contributed by atoms with Gasteiger partial charge in [-0.25, -0.2) is 5.43 Å². The summed E-state index contributed by atoms with van der Waals surface area (Å²) in [5, 5.41) is 15.5. The number of cyclic esters (lactones) is 1. The summed E-state index contributed by atoms with van der Waals surface area (Å²) < 4.78 is 12.1. The third kappa shape index (κ3) is 9.86. The van der Waals surface area contributed by atoms with Gasteiger partial charge in [0.25, 0.3) is 0 Å². The van der Waals surface area contributed by atoms with Crippen LogP contribution >= 0.6 is 0 Å². The average Bonchev–Trinajstić information content (AvgIpc) is 3.91. The Labute approximate surface area is 397 Å². The van der Waals surface area contributed by atoms with Gasteiger partial charge in [-0.15, -0.1) is 0 Å². The number of esters is 1. The highest BCUT2D eigenvalue weighted by molar-refractivity contribution is 6.01. The minimum absolute atomic E-state index is 0.0781. The van der Waals surface area contributed by atoms with E-state index in [1.165, 1.54) is 43.7 Å². The predicted molar refractivity (Wildman–Crippen MR) is 261 cm³/mol. The predicted octanol–water partition coefficient (Wildman–Crippen LogP) is 8.37. The Hall–Kier alpha value is -6.03. The van der Waals surface area contributed by atoms with Crippen LogP contribution in [0.3, 0.4) is 0 Å². The first kappa shape index (κ1) is 48.9. The summed E-state index contributed by atoms with van der Waals surface area (Å²) in [5.41, 5.74) is 12.4. The number of likely N-dealkylation sites (N-methyl/N-ethyl adjacent to an activating group) is 1. The monoisotopic (exact) mass is 909 g/mol. The van der Waals surface area contributed by atoms with Gasteiger partial charge in [-0.3, -0.25) is 19.2 Å². The summed E-state index contributed by atoms with van der Waals surface area (Å²) in [4.78, 5) is 58.3. The quantitative estimate of drug-likeness (QED) is 0.152. The van der Waals surface area contributed by atoms with Crippen molar-refractivity contribution in [1.29, 1.82) is 5.26 Å². The maximum atomic E-state index is 14.7. The number of carbonyl (C=O) groups is 4. The second kappa shape index (κ2) is 20.1. The molecule has 3 aromatic carbocycles. The lowest BCUT2D eigenvalue weighted by molar-refractivity contribution is -0.152. The number of methoxy groups -OCH3 is 1. The molecule has 7 rings (SSSR count). The van der Waals surface area contributed by atoms with E-state index in [2.05, 4.69) is 112 Å². The summed E-state index contributed by atoms with van der Waals surface area (Å²) >= 11 is 0. The topological polar surface area (TPSA) is 144 Å². The molecule has 2 fully saturated rings. The Morgan fingerprint density at radius 3 is 2.51 bits per heavy atom. The molecule has 3 heterocycles. The molecular weight excluding hydrogens is 841 g/mol. The van der Waals surface area contributed by atoms with E-state index in [-0.39, 0.29) is 55.9 Å². The van der Waals surface area contributed by atoms with Gasteiger partial charge in [0.15, 0.2) is 5.41 Å². The Kier molecular flexibility index (Phi) is 14.6. The van der Waals surface area contributed by atoms with Gasteiger partial charge in [-0.2, -0.15) is 5.26 Å². The van der Waals surface area contributed by atoms with Crippen molar-refractivity contribution < 1.29 is 28.7 Å². The van der Waals surface area contributed by atoms with Gasteiger partial charge < -0.3 is 29.6 Å². The van der Waals surface area contributed by atoms with E-state index >= 15 is 0 Å². The van der Waals surface area contributed by atoms with Gasteiger partial charge in [0.1, 0.15) is 12.1 Å². The summed E-state index contributed by atoms with van der Waals surface area (Å²) in [6, 6.07) is 23.7. The first-order valence-electron chi connectivity index (χ1n) is 23.8. The van der Waals surface area contributed by atoms with E-state index in [1.807, 2.05) is 31.0 Å². The van der Waals surface area contributed by atoms with Crippen LogP contribution < -0.4 is 10.7 Å². The number of likely N-dealkylation sites (tertiary alicyclic amines) is 1. The lowest BCUT2D eigenvalue weighted by Gasteiger charge is -2.40. The zero-order valence-corrected chi connectivity index (χ0v) is 40.6. The van der Waals surface area contributed by atoms with Crippen molar-refractivity contribution >= 4 is 34.8 Å². The largest absolute Gasteiger partial charge is 0.464 e. The Balaban J connectivity index is 1.28. The molecule has 6 bridgehead atoms. The van der Waals surface area contributed by atoms with Gasteiger partial charge in [0.05, 0.1) is 24.8 Å². The van der Waals surface area contributed by atoms with Crippen molar-refractivity contribution in [3.63, 3.8) is 0 Å². The molecule has 67 heavy (non-hydrogen) atoms. The SMILES string of the molecule is C=CC(=O)N1CC[C@@](C#N)(C(=O)N(C)[C@H](C(=O)N[C@H]2Cc3cccc(c3)-c3ccc4c(c3)C(=C(c3ccccc3[C@H](C)OC)C4CC)CC(C)(C)COC(=O)[C@@H]3CCCN(N3)C2=C)C(C)C)C1. The summed E-state index contributed by atoms with van der Waals surface area (Å²) in [5.74, 6) is -1.80. The number of benzene rings is 3. The number of fused-ring (bicyclic) bond motifs is 6. The Morgan fingerprint density at radius 1 is 1.06 bits per heavy atom. The molecule has 0 spiro atoms. The van der Waals surface area contributed by atoms with Crippen molar-refractivity contribution in [2.24, 2.45) is 16.7 Å². The third-order valence-corrected chi connectivity index (χ3v) is 14.4. The number of allylic oxidation sites excluding steroid dienone is 2. The normalized spacial score (nSPS) is 23.7. The van der Waals surface area contributed by atoms with Crippen LogP contribution in [0.2, 0.25) is 0 Å². The van der Waals surface area contributed by atoms with Crippen molar-refractivity contribution in [2.45, 2.75) is 110 Å². The Morgan fingerprint density at radius 2 is 1.81 bits per heavy atom. The first-order valence-corrected chi connectivity index (χ1v) is 23.8. The van der Waals surface area contributed by atoms with Crippen molar-refractivity contribution in [2.75, 3.05) is 40.4 Å². The average molecular weight is 909 g/mol. The fourth-order valence-electron chi connectivity index (χ4n) is 10.7. The third-order valence-electron chi connectivity index (χ3n) is 14.4. The van der Waals surface area contributed by atoms with E-state index in [0.29, 0.717) is 37.9 Å². The molecule has 2 N–H and O–H groups in total. The summed E-state index contributed by atoms with van der Waals surface area (Å²) in [7, 11) is 3.30. The highest BCUT2D eigenvalue weighted by atomic mass is 16.5. The maximum Gasteiger partial charge on any atom is 0.324 e. The zero-order valence-electron chi connectivity index (χ0n) is 40.6. The van der Waals surface area contributed by atoms with E-state index in [1.54, 1.807) is 14.2 Å². The molecule has 12 nitrogen and oxygen atoms in total. The number of amides is 3. The van der Waals surface area contributed by atoms with Gasteiger partial charge in [-0.05, 0) is 114 Å². The molecule has 12 heteroatoms. The number of nitrogens with zero attached hydrogens (tertiary/aromatic N) is 4. The molecule has 6 atom stereocenters. The van der Waals surface area contributed by atoms with Gasteiger partial charge >= 0.3 is 5.97 Å². The van der Waals surface area contributed by atoms with Gasteiger partial charge in [0.2, 0.25) is 17.7 Å². The lowest BCUT2D eigenvalue weighted by Crippen LogP contribution is -2.59. The van der Waals surface area contributed by atoms with Gasteiger partial charge in [0, 0.05) is 50.8 Å². The van der Waals surface area contributed by atoms with Crippen LogP contribution in [0.15, 0.2) is 91.7 Å². The van der Waals surface area contributed by atoms with Crippen LogP contribution in [-0.2, 0) is 35.1 Å². The van der Waals surface area contributed by atoms with E-state index in [9.17, 15) is 24.4 Å². The first-order chi connectivity index (χ1) is 32.0. The van der Waals surface area contributed by atoms with Crippen LogP contribution in [0.4, 0.5) is 0 Å². The zero-order chi connectivity index (χ0) is 48.4. The molecule has 3 aromatic rings. The minimum Gasteiger partial charge on any atom is -0.464 e. The molecule has 1 aliphatic carbocycles. The maximum absolute atomic E-state index is 14.7. The minimum atomic E-state index is -1.50. The fourth-order valence-corrected chi connectivity index (χ4v) is 10.7. The molecule has 0 radical (unpaired) electrons. The second-order valence-corrected chi connectivity index (χ2v) is 20.0. The van der Waals surface area contributed by atoms with Crippen LogP contribution in [-0.4, -0.2) is 97.0 Å². The molecule has 354 valence electrons. The molecule has 3 aliphatic heterocycles. The number of rotatable bonds is 10.